The van der Waals surface area contributed by atoms with E-state index in [-0.39, 0.29) is 23.5 Å². The number of pyridine rings is 1. The number of aromatic nitrogens is 1. The number of halogens is 3. The van der Waals surface area contributed by atoms with E-state index in [1.165, 1.54) is 6.07 Å². The number of benzene rings is 2. The average Bonchev–Trinajstić information content (AvgIpc) is 2.83. The van der Waals surface area contributed by atoms with Gasteiger partial charge in [0, 0.05) is 40.2 Å². The Morgan fingerprint density at radius 2 is 1.80 bits per heavy atom. The van der Waals surface area contributed by atoms with Gasteiger partial charge in [-0.2, -0.15) is 13.2 Å². The van der Waals surface area contributed by atoms with Crippen LogP contribution in [0.15, 0.2) is 69.9 Å². The number of carbonyl (C=O) groups is 1. The standard InChI is InChI=1S/C26H22F3N3O3/c27-26(28,29)23-14-21(19-6-1-2-7-20(19)32-23)30-17-4-3-5-18(13-17)31-25(34)16-8-10-22-15(12-16)9-11-24(33)35-22/h1-2,6-12,14,17-18H,3-5,13H2,(H,30,32)(H,31,34)/t17-,18+/m0/s1. The Labute approximate surface area is 198 Å². The monoisotopic (exact) mass is 481 g/mol. The lowest BCUT2D eigenvalue weighted by molar-refractivity contribution is -0.140. The number of alkyl halides is 3. The molecule has 2 heterocycles. The lowest BCUT2D eigenvalue weighted by atomic mass is 9.90. The van der Waals surface area contributed by atoms with E-state index in [1.54, 1.807) is 48.5 Å². The minimum Gasteiger partial charge on any atom is -0.423 e. The molecule has 2 N–H and O–H groups in total. The van der Waals surface area contributed by atoms with E-state index in [9.17, 15) is 22.8 Å². The molecule has 9 heteroatoms. The van der Waals surface area contributed by atoms with Crippen LogP contribution in [0.2, 0.25) is 0 Å². The maximum atomic E-state index is 13.4. The van der Waals surface area contributed by atoms with Crippen LogP contribution in [-0.4, -0.2) is 23.0 Å². The highest BCUT2D eigenvalue weighted by molar-refractivity contribution is 5.97. The third-order valence-electron chi connectivity index (χ3n) is 6.26. The van der Waals surface area contributed by atoms with Gasteiger partial charge in [0.05, 0.1) is 5.52 Å². The fourth-order valence-electron chi connectivity index (χ4n) is 4.59. The normalized spacial score (nSPS) is 18.5. The summed E-state index contributed by atoms with van der Waals surface area (Å²) in [4.78, 5) is 28.0. The van der Waals surface area contributed by atoms with Crippen molar-refractivity contribution in [3.05, 3.63) is 82.3 Å². The molecule has 6 nitrogen and oxygen atoms in total. The summed E-state index contributed by atoms with van der Waals surface area (Å²) >= 11 is 0. The number of fused-ring (bicyclic) bond motifs is 2. The van der Waals surface area contributed by atoms with Gasteiger partial charge in [-0.3, -0.25) is 4.79 Å². The van der Waals surface area contributed by atoms with Gasteiger partial charge >= 0.3 is 11.8 Å². The highest BCUT2D eigenvalue weighted by Crippen LogP contribution is 2.34. The molecule has 2 aromatic carbocycles. The molecule has 2 aromatic heterocycles. The van der Waals surface area contributed by atoms with Crippen LogP contribution in [0, 0.1) is 0 Å². The van der Waals surface area contributed by atoms with Crippen molar-refractivity contribution in [3.63, 3.8) is 0 Å². The Kier molecular flexibility index (Phi) is 5.92. The molecule has 1 fully saturated rings. The Balaban J connectivity index is 1.32. The lowest BCUT2D eigenvalue weighted by Gasteiger charge is -2.31. The van der Waals surface area contributed by atoms with E-state index in [1.807, 2.05) is 0 Å². The fraction of sp³-hybridized carbons (Fsp3) is 0.269. The number of nitrogens with zero attached hydrogens (tertiary/aromatic N) is 1. The predicted octanol–water partition coefficient (Wildman–Crippen LogP) is 5.51. The molecule has 180 valence electrons. The first-order valence-electron chi connectivity index (χ1n) is 11.3. The summed E-state index contributed by atoms with van der Waals surface area (Å²) < 4.78 is 45.3. The first kappa shape index (κ1) is 22.9. The first-order valence-corrected chi connectivity index (χ1v) is 11.3. The van der Waals surface area contributed by atoms with Gasteiger partial charge in [-0.05, 0) is 62.1 Å². The molecule has 0 aliphatic heterocycles. The van der Waals surface area contributed by atoms with Gasteiger partial charge in [-0.1, -0.05) is 18.2 Å². The zero-order chi connectivity index (χ0) is 24.6. The van der Waals surface area contributed by atoms with E-state index < -0.39 is 17.5 Å². The molecule has 5 rings (SSSR count). The largest absolute Gasteiger partial charge is 0.433 e. The second-order valence-corrected chi connectivity index (χ2v) is 8.76. The zero-order valence-corrected chi connectivity index (χ0v) is 18.6. The smallest absolute Gasteiger partial charge is 0.423 e. The van der Waals surface area contributed by atoms with Gasteiger partial charge in [-0.15, -0.1) is 0 Å². The molecule has 1 amide bonds. The topological polar surface area (TPSA) is 84.2 Å². The molecule has 0 saturated heterocycles. The number of anilines is 1. The molecular formula is C26H22F3N3O3. The molecule has 4 aromatic rings. The Morgan fingerprint density at radius 1 is 1.00 bits per heavy atom. The summed E-state index contributed by atoms with van der Waals surface area (Å²) in [6.07, 6.45) is -1.60. The van der Waals surface area contributed by atoms with Crippen molar-refractivity contribution in [3.8, 4) is 0 Å². The van der Waals surface area contributed by atoms with Gasteiger partial charge in [0.25, 0.3) is 5.91 Å². The Bertz CT molecular complexity index is 1470. The van der Waals surface area contributed by atoms with Crippen molar-refractivity contribution < 1.29 is 22.4 Å². The maximum absolute atomic E-state index is 13.4. The third kappa shape index (κ3) is 4.99. The molecule has 1 aliphatic rings. The van der Waals surface area contributed by atoms with E-state index in [0.29, 0.717) is 34.0 Å². The van der Waals surface area contributed by atoms with Gasteiger partial charge in [0.15, 0.2) is 0 Å². The minimum absolute atomic E-state index is 0.105. The van der Waals surface area contributed by atoms with E-state index >= 15 is 0 Å². The van der Waals surface area contributed by atoms with Gasteiger partial charge < -0.3 is 15.1 Å². The van der Waals surface area contributed by atoms with Crippen LogP contribution in [0.3, 0.4) is 0 Å². The van der Waals surface area contributed by atoms with Crippen LogP contribution in [0.1, 0.15) is 41.7 Å². The van der Waals surface area contributed by atoms with Crippen molar-refractivity contribution in [2.45, 2.75) is 43.9 Å². The number of para-hydroxylation sites is 1. The van der Waals surface area contributed by atoms with E-state index in [4.69, 9.17) is 4.42 Å². The Hall–Kier alpha value is -3.88. The SMILES string of the molecule is O=C(N[C@@H]1CCC[C@H](Nc2cc(C(F)(F)F)nc3ccccc23)C1)c1ccc2oc(=O)ccc2c1. The van der Waals surface area contributed by atoms with Crippen LogP contribution < -0.4 is 16.3 Å². The molecule has 0 spiro atoms. The summed E-state index contributed by atoms with van der Waals surface area (Å²) in [6, 6.07) is 15.3. The van der Waals surface area contributed by atoms with Crippen molar-refractivity contribution >= 4 is 33.5 Å². The molecule has 0 unspecified atom stereocenters. The van der Waals surface area contributed by atoms with Crippen LogP contribution in [-0.2, 0) is 6.18 Å². The van der Waals surface area contributed by atoms with Crippen molar-refractivity contribution in [2.24, 2.45) is 0 Å². The quantitative estimate of drug-likeness (QED) is 0.376. The van der Waals surface area contributed by atoms with Gasteiger partial charge in [0.1, 0.15) is 11.3 Å². The maximum Gasteiger partial charge on any atom is 0.433 e. The van der Waals surface area contributed by atoms with Crippen molar-refractivity contribution in [2.75, 3.05) is 5.32 Å². The summed E-state index contributed by atoms with van der Waals surface area (Å²) in [6.45, 7) is 0. The van der Waals surface area contributed by atoms with Crippen LogP contribution in [0.25, 0.3) is 21.9 Å². The van der Waals surface area contributed by atoms with Gasteiger partial charge in [-0.25, -0.2) is 9.78 Å². The second-order valence-electron chi connectivity index (χ2n) is 8.76. The summed E-state index contributed by atoms with van der Waals surface area (Å²) in [7, 11) is 0. The Morgan fingerprint density at radius 3 is 2.63 bits per heavy atom. The van der Waals surface area contributed by atoms with Crippen LogP contribution in [0.5, 0.6) is 0 Å². The molecule has 1 saturated carbocycles. The number of carbonyl (C=O) groups excluding carboxylic acids is 1. The number of nitrogens with one attached hydrogen (secondary N) is 2. The molecule has 1 aliphatic carbocycles. The second kappa shape index (κ2) is 9.05. The molecule has 0 bridgehead atoms. The average molecular weight is 481 g/mol. The zero-order valence-electron chi connectivity index (χ0n) is 18.6. The molecule has 0 radical (unpaired) electrons. The number of hydrogen-bond donors (Lipinski definition) is 2. The van der Waals surface area contributed by atoms with Crippen molar-refractivity contribution in [1.82, 2.24) is 10.3 Å². The summed E-state index contributed by atoms with van der Waals surface area (Å²) in [5.74, 6) is -0.252. The molecule has 35 heavy (non-hydrogen) atoms. The van der Waals surface area contributed by atoms with E-state index in [2.05, 4.69) is 15.6 Å². The summed E-state index contributed by atoms with van der Waals surface area (Å²) in [5, 5.41) is 7.58. The van der Waals surface area contributed by atoms with E-state index in [0.717, 1.165) is 25.3 Å². The molecular weight excluding hydrogens is 459 g/mol. The van der Waals surface area contributed by atoms with Crippen LogP contribution in [0.4, 0.5) is 18.9 Å². The van der Waals surface area contributed by atoms with Crippen molar-refractivity contribution in [1.29, 1.82) is 0 Å². The summed E-state index contributed by atoms with van der Waals surface area (Å²) in [5.41, 5.74) is 0.106. The van der Waals surface area contributed by atoms with Crippen LogP contribution >= 0.6 is 0 Å². The highest BCUT2D eigenvalue weighted by Gasteiger charge is 2.34. The fourth-order valence-corrected chi connectivity index (χ4v) is 4.59. The number of amides is 1. The number of hydrogen-bond acceptors (Lipinski definition) is 5. The van der Waals surface area contributed by atoms with Gasteiger partial charge in [0.2, 0.25) is 0 Å². The first-order chi connectivity index (χ1) is 16.8. The predicted molar refractivity (Wildman–Crippen MR) is 126 cm³/mol. The molecule has 2 atom stereocenters. The number of rotatable bonds is 4. The lowest BCUT2D eigenvalue weighted by Crippen LogP contribution is -2.41. The minimum atomic E-state index is -4.55. The highest BCUT2D eigenvalue weighted by atomic mass is 19.4. The third-order valence-corrected chi connectivity index (χ3v) is 6.26.